The molecule has 1 saturated heterocycles. The molecule has 2 aromatic heterocycles. The second kappa shape index (κ2) is 11.5. The number of hydrogen-bond donors (Lipinski definition) is 3. The number of pyridine rings is 1. The van der Waals surface area contributed by atoms with Crippen molar-refractivity contribution in [3.8, 4) is 17.0 Å². The lowest BCUT2D eigenvalue weighted by molar-refractivity contribution is 0.0691. The fraction of sp³-hybridized carbons (Fsp3) is 0.440. The van der Waals surface area contributed by atoms with Crippen molar-refractivity contribution in [3.05, 3.63) is 51.4 Å². The monoisotopic (exact) mass is 524 g/mol. The minimum absolute atomic E-state index is 0. The highest BCUT2D eigenvalue weighted by atomic mass is 35.5. The average molecular weight is 525 g/mol. The molecule has 0 amide bonds. The summed E-state index contributed by atoms with van der Waals surface area (Å²) >= 11 is 0. The molecular weight excluding hydrogens is 491 g/mol. The third-order valence-corrected chi connectivity index (χ3v) is 6.94. The van der Waals surface area contributed by atoms with Crippen LogP contribution in [0.1, 0.15) is 48.3 Å². The first-order valence-electron chi connectivity index (χ1n) is 11.5. The number of aromatic hydroxyl groups is 1. The van der Waals surface area contributed by atoms with Crippen LogP contribution in [0.3, 0.4) is 0 Å². The van der Waals surface area contributed by atoms with E-state index in [9.17, 15) is 19.8 Å². The van der Waals surface area contributed by atoms with Crippen molar-refractivity contribution in [3.63, 3.8) is 0 Å². The summed E-state index contributed by atoms with van der Waals surface area (Å²) in [5.41, 5.74) is 2.47. The number of aromatic amines is 1. The van der Waals surface area contributed by atoms with Gasteiger partial charge in [0, 0.05) is 35.8 Å². The van der Waals surface area contributed by atoms with Crippen molar-refractivity contribution in [2.75, 3.05) is 20.1 Å². The topological polar surface area (TPSA) is 102 Å². The summed E-state index contributed by atoms with van der Waals surface area (Å²) in [6.45, 7) is 7.06. The number of carboxylic acid groups (broad SMARTS) is 1. The molecule has 1 aliphatic rings. The van der Waals surface area contributed by atoms with Crippen LogP contribution in [0.15, 0.2) is 29.1 Å². The van der Waals surface area contributed by atoms with Crippen molar-refractivity contribution in [2.24, 2.45) is 7.05 Å². The lowest BCUT2D eigenvalue weighted by Crippen LogP contribution is -2.42. The summed E-state index contributed by atoms with van der Waals surface area (Å²) in [5.74, 6) is -1.90. The number of hydrogen-bond acceptors (Lipinski definition) is 5. The van der Waals surface area contributed by atoms with Crippen molar-refractivity contribution < 1.29 is 15.0 Å². The van der Waals surface area contributed by atoms with E-state index in [0.29, 0.717) is 23.8 Å². The van der Waals surface area contributed by atoms with Gasteiger partial charge in [0.15, 0.2) is 5.56 Å². The van der Waals surface area contributed by atoms with Crippen LogP contribution >= 0.6 is 24.8 Å². The molecule has 3 N–H and O–H groups in total. The predicted octanol–water partition coefficient (Wildman–Crippen LogP) is 4.22. The Bertz CT molecular complexity index is 1270. The molecule has 8 nitrogen and oxygen atoms in total. The molecule has 1 atom stereocenters. The van der Waals surface area contributed by atoms with Gasteiger partial charge < -0.3 is 19.8 Å². The molecule has 1 unspecified atom stereocenters. The molecular formula is C25H34Cl2N4O4. The molecule has 0 spiro atoms. The van der Waals surface area contributed by atoms with Crippen LogP contribution in [0.5, 0.6) is 5.75 Å². The van der Waals surface area contributed by atoms with E-state index >= 15 is 0 Å². The van der Waals surface area contributed by atoms with Gasteiger partial charge in [-0.3, -0.25) is 14.6 Å². The van der Waals surface area contributed by atoms with E-state index in [0.717, 1.165) is 36.1 Å². The molecule has 1 aromatic carbocycles. The van der Waals surface area contributed by atoms with Crippen molar-refractivity contribution in [2.45, 2.75) is 45.8 Å². The SMILES string of the molecule is CCc1c(-c2ccc3c(c2)cc(CN(C)C2CCCN2CC)n3C)[nH]c(=O)c(C(=O)O)c1O.Cl.Cl. The Kier molecular flexibility index (Phi) is 9.42. The molecule has 4 rings (SSSR count). The maximum absolute atomic E-state index is 12.4. The third-order valence-electron chi connectivity index (χ3n) is 6.94. The smallest absolute Gasteiger partial charge is 0.345 e. The summed E-state index contributed by atoms with van der Waals surface area (Å²) in [6, 6.07) is 8.05. The number of carboxylic acids is 1. The molecule has 35 heavy (non-hydrogen) atoms. The number of halogens is 2. The van der Waals surface area contributed by atoms with Gasteiger partial charge in [-0.05, 0) is 63.2 Å². The second-order valence-electron chi connectivity index (χ2n) is 8.82. The van der Waals surface area contributed by atoms with Gasteiger partial charge in [-0.25, -0.2) is 4.79 Å². The van der Waals surface area contributed by atoms with E-state index in [1.165, 1.54) is 18.5 Å². The maximum atomic E-state index is 12.4. The van der Waals surface area contributed by atoms with Crippen LogP contribution in [0.4, 0.5) is 0 Å². The fourth-order valence-electron chi connectivity index (χ4n) is 5.17. The number of H-pyrrole nitrogens is 1. The molecule has 0 bridgehead atoms. The van der Waals surface area contributed by atoms with E-state index in [2.05, 4.69) is 46.4 Å². The highest BCUT2D eigenvalue weighted by molar-refractivity contribution is 5.92. The zero-order valence-corrected chi connectivity index (χ0v) is 22.1. The van der Waals surface area contributed by atoms with Gasteiger partial charge in [0.25, 0.3) is 5.56 Å². The first kappa shape index (κ1) is 28.7. The Hall–Kier alpha value is -2.52. The molecule has 10 heteroatoms. The summed E-state index contributed by atoms with van der Waals surface area (Å²) in [6.07, 6.45) is 3.25. The number of rotatable bonds is 7. The number of aryl methyl sites for hydroxylation is 1. The number of nitrogens with one attached hydrogen (secondary N) is 1. The minimum Gasteiger partial charge on any atom is -0.506 e. The Morgan fingerprint density at radius 1 is 1.23 bits per heavy atom. The highest BCUT2D eigenvalue weighted by Gasteiger charge is 2.27. The van der Waals surface area contributed by atoms with E-state index < -0.39 is 22.8 Å². The molecule has 1 aliphatic heterocycles. The predicted molar refractivity (Wildman–Crippen MR) is 143 cm³/mol. The highest BCUT2D eigenvalue weighted by Crippen LogP contribution is 2.32. The first-order chi connectivity index (χ1) is 15.8. The van der Waals surface area contributed by atoms with E-state index in [1.807, 2.05) is 25.1 Å². The number of aromatic carboxylic acids is 1. The summed E-state index contributed by atoms with van der Waals surface area (Å²) in [7, 11) is 4.23. The molecule has 0 saturated carbocycles. The van der Waals surface area contributed by atoms with Crippen LogP contribution in [-0.4, -0.2) is 61.8 Å². The number of aromatic nitrogens is 2. The second-order valence-corrected chi connectivity index (χ2v) is 8.82. The largest absolute Gasteiger partial charge is 0.506 e. The Morgan fingerprint density at radius 3 is 2.57 bits per heavy atom. The van der Waals surface area contributed by atoms with Gasteiger partial charge in [-0.15, -0.1) is 24.8 Å². The van der Waals surface area contributed by atoms with E-state index in [4.69, 9.17) is 0 Å². The van der Waals surface area contributed by atoms with Crippen molar-refractivity contribution in [1.82, 2.24) is 19.4 Å². The van der Waals surface area contributed by atoms with E-state index in [1.54, 1.807) is 0 Å². The number of benzene rings is 1. The van der Waals surface area contributed by atoms with Gasteiger partial charge in [-0.1, -0.05) is 19.9 Å². The number of fused-ring (bicyclic) bond motifs is 1. The number of likely N-dealkylation sites (tertiary alicyclic amines) is 1. The zero-order chi connectivity index (χ0) is 23.9. The summed E-state index contributed by atoms with van der Waals surface area (Å²) in [4.78, 5) is 31.4. The van der Waals surface area contributed by atoms with Crippen LogP contribution in [0, 0.1) is 0 Å². The zero-order valence-electron chi connectivity index (χ0n) is 20.5. The minimum atomic E-state index is -1.44. The Balaban J connectivity index is 0.00000216. The Labute approximate surface area is 217 Å². The standard InChI is InChI=1S/C25H32N4O4.2ClH/c1-5-18-22(26-24(31)21(23(18)30)25(32)33)15-9-10-19-16(12-15)13-17(28(19)4)14-27(3)20-8-7-11-29(20)6-2;;/h9-10,12-13,20H,5-8,11,14H2,1-4H3,(H,32,33)(H2,26,30,31);2*1H. The quantitative estimate of drug-likeness (QED) is 0.427. The van der Waals surface area contributed by atoms with Crippen LogP contribution in [0.25, 0.3) is 22.2 Å². The molecule has 3 aromatic rings. The number of nitrogens with zero attached hydrogens (tertiary/aromatic N) is 3. The third kappa shape index (κ3) is 5.21. The van der Waals surface area contributed by atoms with Gasteiger partial charge in [0.2, 0.25) is 0 Å². The maximum Gasteiger partial charge on any atom is 0.345 e. The van der Waals surface area contributed by atoms with Crippen molar-refractivity contribution >= 4 is 41.7 Å². The summed E-state index contributed by atoms with van der Waals surface area (Å²) < 4.78 is 2.19. The van der Waals surface area contributed by atoms with Crippen molar-refractivity contribution in [1.29, 1.82) is 0 Å². The Morgan fingerprint density at radius 2 is 1.94 bits per heavy atom. The lowest BCUT2D eigenvalue weighted by atomic mass is 9.99. The van der Waals surface area contributed by atoms with Gasteiger partial charge >= 0.3 is 5.97 Å². The van der Waals surface area contributed by atoms with Gasteiger partial charge in [0.05, 0.1) is 11.9 Å². The lowest BCUT2D eigenvalue weighted by Gasteiger charge is -2.31. The molecule has 0 aliphatic carbocycles. The average Bonchev–Trinajstić information content (AvgIpc) is 3.37. The number of carbonyl (C=O) groups is 1. The molecule has 3 heterocycles. The first-order valence-corrected chi connectivity index (χ1v) is 11.5. The van der Waals surface area contributed by atoms with Gasteiger partial charge in [0.1, 0.15) is 5.75 Å². The van der Waals surface area contributed by atoms with E-state index in [-0.39, 0.29) is 24.8 Å². The normalized spacial score (nSPS) is 15.9. The molecule has 0 radical (unpaired) electrons. The van der Waals surface area contributed by atoms with Crippen LogP contribution < -0.4 is 5.56 Å². The van der Waals surface area contributed by atoms with Crippen LogP contribution in [-0.2, 0) is 20.0 Å². The van der Waals surface area contributed by atoms with Gasteiger partial charge in [-0.2, -0.15) is 0 Å². The van der Waals surface area contributed by atoms with Crippen LogP contribution in [0.2, 0.25) is 0 Å². The fourth-order valence-corrected chi connectivity index (χ4v) is 5.17. The molecule has 192 valence electrons. The molecule has 1 fully saturated rings. The summed E-state index contributed by atoms with van der Waals surface area (Å²) in [5, 5.41) is 20.8.